The summed E-state index contributed by atoms with van der Waals surface area (Å²) in [6.45, 7) is 6.54. The van der Waals surface area contributed by atoms with Crippen LogP contribution in [0.3, 0.4) is 0 Å². The van der Waals surface area contributed by atoms with Gasteiger partial charge in [-0.15, -0.1) is 0 Å². The highest BCUT2D eigenvalue weighted by molar-refractivity contribution is 9.10. The first-order valence-electron chi connectivity index (χ1n) is 5.88. The Hall–Kier alpha value is -0.510. The highest BCUT2D eigenvalue weighted by Gasteiger charge is 2.28. The molecule has 1 aromatic heterocycles. The van der Waals surface area contributed by atoms with Crippen molar-refractivity contribution in [1.82, 2.24) is 5.32 Å². The fraction of sp³-hybridized carbons (Fsp3) is 0.429. The fourth-order valence-electron chi connectivity index (χ4n) is 2.24. The van der Waals surface area contributed by atoms with Gasteiger partial charge in [0.2, 0.25) is 0 Å². The van der Waals surface area contributed by atoms with Gasteiger partial charge in [-0.05, 0) is 30.7 Å². The van der Waals surface area contributed by atoms with E-state index in [0.717, 1.165) is 21.2 Å². The summed E-state index contributed by atoms with van der Waals surface area (Å²) >= 11 is 9.64. The number of hydrogen-bond acceptors (Lipinski definition) is 2. The summed E-state index contributed by atoms with van der Waals surface area (Å²) in [4.78, 5) is 0. The highest BCUT2D eigenvalue weighted by atomic mass is 79.9. The normalized spacial score (nSPS) is 14.1. The third-order valence-corrected chi connectivity index (χ3v) is 3.73. The van der Waals surface area contributed by atoms with Gasteiger partial charge in [0, 0.05) is 9.86 Å². The third kappa shape index (κ3) is 2.58. The maximum absolute atomic E-state index is 6.19. The van der Waals surface area contributed by atoms with Crippen LogP contribution < -0.4 is 5.32 Å². The smallest absolute Gasteiger partial charge is 0.153 e. The number of hydrogen-bond donors (Lipinski definition) is 1. The first kappa shape index (κ1) is 13.9. The molecule has 0 aliphatic carbocycles. The van der Waals surface area contributed by atoms with Crippen LogP contribution in [-0.4, -0.2) is 7.05 Å². The summed E-state index contributed by atoms with van der Waals surface area (Å²) in [5, 5.41) is 4.96. The minimum absolute atomic E-state index is 0.0757. The van der Waals surface area contributed by atoms with E-state index in [2.05, 4.69) is 48.1 Å². The SMILES string of the molecule is CNC(c1cc2cc(Br)cc(Cl)c2o1)C(C)(C)C. The second-order valence-corrected chi connectivity index (χ2v) is 6.87. The average molecular weight is 331 g/mol. The molecule has 0 bridgehead atoms. The van der Waals surface area contributed by atoms with Crippen molar-refractivity contribution in [2.24, 2.45) is 5.41 Å². The van der Waals surface area contributed by atoms with E-state index in [4.69, 9.17) is 16.0 Å². The van der Waals surface area contributed by atoms with Crippen molar-refractivity contribution in [3.8, 4) is 0 Å². The maximum Gasteiger partial charge on any atom is 0.153 e. The van der Waals surface area contributed by atoms with Crippen LogP contribution in [-0.2, 0) is 0 Å². The molecule has 2 rings (SSSR count). The molecule has 2 aromatic rings. The van der Waals surface area contributed by atoms with Gasteiger partial charge in [0.1, 0.15) is 5.76 Å². The molecule has 1 N–H and O–H groups in total. The van der Waals surface area contributed by atoms with Gasteiger partial charge in [0.05, 0.1) is 11.1 Å². The van der Waals surface area contributed by atoms with E-state index in [1.54, 1.807) is 0 Å². The Morgan fingerprint density at radius 1 is 1.28 bits per heavy atom. The van der Waals surface area contributed by atoms with Gasteiger partial charge < -0.3 is 9.73 Å². The molecule has 1 unspecified atom stereocenters. The molecule has 0 radical (unpaired) electrons. The molecular weight excluding hydrogens is 314 g/mol. The van der Waals surface area contributed by atoms with Crippen LogP contribution in [0, 0.1) is 5.41 Å². The summed E-state index contributed by atoms with van der Waals surface area (Å²) in [6.07, 6.45) is 0. The van der Waals surface area contributed by atoms with E-state index in [0.29, 0.717) is 5.02 Å². The van der Waals surface area contributed by atoms with Crippen LogP contribution in [0.5, 0.6) is 0 Å². The standard InChI is InChI=1S/C14H17BrClNO/c1-14(2,3)13(17-4)11-6-8-5-9(15)7-10(16)12(8)18-11/h5-7,13,17H,1-4H3. The van der Waals surface area contributed by atoms with Crippen LogP contribution in [0.4, 0.5) is 0 Å². The topological polar surface area (TPSA) is 25.2 Å². The Bertz CT molecular complexity index is 571. The van der Waals surface area contributed by atoms with Crippen LogP contribution in [0.2, 0.25) is 5.02 Å². The lowest BCUT2D eigenvalue weighted by molar-refractivity contribution is 0.253. The molecule has 1 heterocycles. The van der Waals surface area contributed by atoms with E-state index >= 15 is 0 Å². The highest BCUT2D eigenvalue weighted by Crippen LogP contribution is 2.38. The molecule has 4 heteroatoms. The van der Waals surface area contributed by atoms with Crippen molar-refractivity contribution < 1.29 is 4.42 Å². The summed E-state index contributed by atoms with van der Waals surface area (Å²) in [5.74, 6) is 0.917. The molecule has 2 nitrogen and oxygen atoms in total. The number of nitrogens with one attached hydrogen (secondary N) is 1. The van der Waals surface area contributed by atoms with E-state index < -0.39 is 0 Å². The summed E-state index contributed by atoms with van der Waals surface area (Å²) in [7, 11) is 1.95. The zero-order valence-electron chi connectivity index (χ0n) is 11.0. The van der Waals surface area contributed by atoms with Crippen LogP contribution >= 0.6 is 27.5 Å². The maximum atomic E-state index is 6.19. The van der Waals surface area contributed by atoms with Gasteiger partial charge in [0.25, 0.3) is 0 Å². The zero-order valence-corrected chi connectivity index (χ0v) is 13.3. The van der Waals surface area contributed by atoms with E-state index in [1.807, 2.05) is 19.2 Å². The van der Waals surface area contributed by atoms with Crippen molar-refractivity contribution >= 4 is 38.5 Å². The molecule has 98 valence electrons. The minimum atomic E-state index is 0.0757. The number of rotatable bonds is 2. The Morgan fingerprint density at radius 2 is 1.94 bits per heavy atom. The predicted molar refractivity (Wildman–Crippen MR) is 80.2 cm³/mol. The van der Waals surface area contributed by atoms with Crippen LogP contribution in [0.25, 0.3) is 11.0 Å². The lowest BCUT2D eigenvalue weighted by Crippen LogP contribution is -2.29. The lowest BCUT2D eigenvalue weighted by Gasteiger charge is -2.28. The van der Waals surface area contributed by atoms with Crippen LogP contribution in [0.15, 0.2) is 27.1 Å². The average Bonchev–Trinajstić information content (AvgIpc) is 2.59. The second kappa shape index (κ2) is 4.87. The molecule has 0 aliphatic rings. The lowest BCUT2D eigenvalue weighted by atomic mass is 9.85. The number of furan rings is 1. The van der Waals surface area contributed by atoms with Crippen molar-refractivity contribution in [2.75, 3.05) is 7.05 Å². The Kier molecular flexibility index (Phi) is 3.77. The molecule has 0 amide bonds. The van der Waals surface area contributed by atoms with Gasteiger partial charge in [-0.1, -0.05) is 48.3 Å². The van der Waals surface area contributed by atoms with Crippen molar-refractivity contribution in [3.05, 3.63) is 33.5 Å². The van der Waals surface area contributed by atoms with E-state index in [-0.39, 0.29) is 11.5 Å². The Labute approximate surface area is 121 Å². The van der Waals surface area contributed by atoms with Crippen molar-refractivity contribution in [2.45, 2.75) is 26.8 Å². The predicted octanol–water partition coefficient (Wildman–Crippen LogP) is 5.16. The van der Waals surface area contributed by atoms with Gasteiger partial charge in [-0.3, -0.25) is 0 Å². The largest absolute Gasteiger partial charge is 0.458 e. The third-order valence-electron chi connectivity index (χ3n) is 2.99. The zero-order chi connectivity index (χ0) is 13.5. The number of benzene rings is 1. The molecule has 0 saturated heterocycles. The van der Waals surface area contributed by atoms with Gasteiger partial charge in [-0.25, -0.2) is 0 Å². The van der Waals surface area contributed by atoms with E-state index in [1.165, 1.54) is 0 Å². The van der Waals surface area contributed by atoms with E-state index in [9.17, 15) is 0 Å². The molecule has 0 aliphatic heterocycles. The summed E-state index contributed by atoms with van der Waals surface area (Å²) in [5.41, 5.74) is 0.825. The number of halogens is 2. The quantitative estimate of drug-likeness (QED) is 0.823. The number of fused-ring (bicyclic) bond motifs is 1. The van der Waals surface area contributed by atoms with Crippen molar-refractivity contribution in [1.29, 1.82) is 0 Å². The van der Waals surface area contributed by atoms with Gasteiger partial charge >= 0.3 is 0 Å². The van der Waals surface area contributed by atoms with Gasteiger partial charge in [-0.2, -0.15) is 0 Å². The van der Waals surface area contributed by atoms with Crippen molar-refractivity contribution in [3.63, 3.8) is 0 Å². The minimum Gasteiger partial charge on any atom is -0.458 e. The molecule has 0 fully saturated rings. The van der Waals surface area contributed by atoms with Crippen LogP contribution in [0.1, 0.15) is 32.6 Å². The first-order chi connectivity index (χ1) is 8.32. The fourth-order valence-corrected chi connectivity index (χ4v) is 3.11. The molecule has 1 aromatic carbocycles. The second-order valence-electron chi connectivity index (χ2n) is 5.54. The molecular formula is C14H17BrClNO. The monoisotopic (exact) mass is 329 g/mol. The Morgan fingerprint density at radius 3 is 2.50 bits per heavy atom. The molecule has 1 atom stereocenters. The molecule has 0 spiro atoms. The molecule has 0 saturated carbocycles. The molecule has 18 heavy (non-hydrogen) atoms. The Balaban J connectivity index is 2.56. The van der Waals surface area contributed by atoms with Gasteiger partial charge in [0.15, 0.2) is 5.58 Å². The summed E-state index contributed by atoms with van der Waals surface area (Å²) < 4.78 is 6.88. The summed E-state index contributed by atoms with van der Waals surface area (Å²) in [6, 6.07) is 6.07. The first-order valence-corrected chi connectivity index (χ1v) is 7.06.